The van der Waals surface area contributed by atoms with Crippen LogP contribution in [0.2, 0.25) is 0 Å². The van der Waals surface area contributed by atoms with E-state index >= 15 is 0 Å². The lowest BCUT2D eigenvalue weighted by molar-refractivity contribution is -0.137. The van der Waals surface area contributed by atoms with Gasteiger partial charge in [0.15, 0.2) is 0 Å². The van der Waals surface area contributed by atoms with Crippen LogP contribution in [-0.2, 0) is 15.8 Å². The number of nitrogens with one attached hydrogen (secondary N) is 1. The normalized spacial score (nSPS) is 21.4. The number of hydrogen-bond acceptors (Lipinski definition) is 3. The van der Waals surface area contributed by atoms with Crippen LogP contribution in [0.15, 0.2) is 35.5 Å². The van der Waals surface area contributed by atoms with Gasteiger partial charge in [0, 0.05) is 32.6 Å². The summed E-state index contributed by atoms with van der Waals surface area (Å²) in [6.45, 7) is 4.02. The summed E-state index contributed by atoms with van der Waals surface area (Å²) >= 11 is 0. The summed E-state index contributed by atoms with van der Waals surface area (Å²) in [5.74, 6) is -0.307. The molecular formula is C22H25F3N4O3. The van der Waals surface area contributed by atoms with Gasteiger partial charge < -0.3 is 15.1 Å². The highest BCUT2D eigenvalue weighted by atomic mass is 19.4. The van der Waals surface area contributed by atoms with E-state index < -0.39 is 23.8 Å². The van der Waals surface area contributed by atoms with E-state index in [9.17, 15) is 27.6 Å². The zero-order valence-corrected chi connectivity index (χ0v) is 17.7. The number of likely N-dealkylation sites (N-methyl/N-ethyl adjacent to an activating group) is 1. The van der Waals surface area contributed by atoms with Crippen LogP contribution >= 0.6 is 0 Å². The molecule has 4 amide bonds. The summed E-state index contributed by atoms with van der Waals surface area (Å²) in [5.41, 5.74) is 0.491. The maximum atomic E-state index is 13.2. The lowest BCUT2D eigenvalue weighted by atomic mass is 9.94. The van der Waals surface area contributed by atoms with E-state index in [-0.39, 0.29) is 31.3 Å². The predicted molar refractivity (Wildman–Crippen MR) is 109 cm³/mol. The molecule has 172 valence electrons. The molecule has 1 aromatic rings. The summed E-state index contributed by atoms with van der Waals surface area (Å²) in [7, 11) is 0. The molecule has 3 aliphatic heterocycles. The third-order valence-corrected chi connectivity index (χ3v) is 6.24. The minimum atomic E-state index is -4.47. The number of likely N-dealkylation sites (tertiary alicyclic amines) is 1. The number of benzene rings is 1. The van der Waals surface area contributed by atoms with Crippen molar-refractivity contribution in [3.8, 4) is 0 Å². The van der Waals surface area contributed by atoms with Crippen molar-refractivity contribution in [2.24, 2.45) is 0 Å². The maximum Gasteiger partial charge on any atom is 0.416 e. The summed E-state index contributed by atoms with van der Waals surface area (Å²) in [5, 5.41) is 2.75. The van der Waals surface area contributed by atoms with Crippen molar-refractivity contribution in [3.05, 3.63) is 46.7 Å². The van der Waals surface area contributed by atoms with Gasteiger partial charge in [0.2, 0.25) is 5.91 Å². The van der Waals surface area contributed by atoms with Crippen molar-refractivity contribution in [1.82, 2.24) is 20.0 Å². The number of rotatable bonds is 5. The number of nitrogens with zero attached hydrogens (tertiary/aromatic N) is 3. The van der Waals surface area contributed by atoms with Crippen molar-refractivity contribution in [1.29, 1.82) is 0 Å². The van der Waals surface area contributed by atoms with Gasteiger partial charge in [0.05, 0.1) is 29.4 Å². The van der Waals surface area contributed by atoms with Crippen LogP contribution in [0.1, 0.15) is 43.4 Å². The molecule has 1 fully saturated rings. The van der Waals surface area contributed by atoms with Crippen molar-refractivity contribution in [2.75, 3.05) is 32.7 Å². The van der Waals surface area contributed by atoms with Crippen LogP contribution in [0.3, 0.4) is 0 Å². The highest BCUT2D eigenvalue weighted by Gasteiger charge is 2.43. The van der Waals surface area contributed by atoms with Crippen LogP contribution in [0.5, 0.6) is 0 Å². The first-order chi connectivity index (χ1) is 15.2. The number of carbonyl (C=O) groups is 3. The van der Waals surface area contributed by atoms with E-state index in [4.69, 9.17) is 0 Å². The van der Waals surface area contributed by atoms with E-state index in [0.717, 1.165) is 38.1 Å². The molecule has 10 heteroatoms. The van der Waals surface area contributed by atoms with Gasteiger partial charge in [-0.15, -0.1) is 0 Å². The fraction of sp³-hybridized carbons (Fsp3) is 0.500. The molecule has 3 aliphatic rings. The standard InChI is InChI=1S/C22H25F3N4O3/c1-2-29-16-13-28(12-9-17(30)27-10-3-4-11-27)20(31)18(16)19(26-21(29)32)14-5-7-15(8-6-14)22(23,24)25/h5-8,19H,2-4,9-13H2,1H3,(H,26,32). The minimum Gasteiger partial charge on any atom is -0.343 e. The second-order valence-electron chi connectivity index (χ2n) is 8.17. The average Bonchev–Trinajstić information content (AvgIpc) is 3.40. The quantitative estimate of drug-likeness (QED) is 0.750. The van der Waals surface area contributed by atoms with Crippen molar-refractivity contribution >= 4 is 17.8 Å². The molecule has 3 heterocycles. The van der Waals surface area contributed by atoms with Gasteiger partial charge in [-0.2, -0.15) is 13.2 Å². The maximum absolute atomic E-state index is 13.2. The summed E-state index contributed by atoms with van der Waals surface area (Å²) in [6, 6.07) is 3.22. The van der Waals surface area contributed by atoms with Gasteiger partial charge in [-0.05, 0) is 37.5 Å². The molecule has 32 heavy (non-hydrogen) atoms. The molecule has 0 radical (unpaired) electrons. The van der Waals surface area contributed by atoms with Gasteiger partial charge in [-0.3, -0.25) is 14.5 Å². The molecule has 0 saturated carbocycles. The zero-order chi connectivity index (χ0) is 23.0. The van der Waals surface area contributed by atoms with Gasteiger partial charge in [-0.25, -0.2) is 4.79 Å². The molecule has 1 N–H and O–H groups in total. The predicted octanol–water partition coefficient (Wildman–Crippen LogP) is 2.90. The monoisotopic (exact) mass is 450 g/mol. The molecule has 4 rings (SSSR count). The number of halogens is 3. The van der Waals surface area contributed by atoms with E-state index in [1.807, 2.05) is 0 Å². The largest absolute Gasteiger partial charge is 0.416 e. The van der Waals surface area contributed by atoms with E-state index in [0.29, 0.717) is 23.4 Å². The fourth-order valence-corrected chi connectivity index (χ4v) is 4.53. The van der Waals surface area contributed by atoms with Crippen LogP contribution in [0.4, 0.5) is 18.0 Å². The number of amides is 4. The van der Waals surface area contributed by atoms with Gasteiger partial charge in [0.25, 0.3) is 5.91 Å². The van der Waals surface area contributed by atoms with Crippen molar-refractivity contribution in [3.63, 3.8) is 0 Å². The zero-order valence-electron chi connectivity index (χ0n) is 17.7. The Morgan fingerprint density at radius 1 is 1.12 bits per heavy atom. The van der Waals surface area contributed by atoms with Crippen molar-refractivity contribution in [2.45, 2.75) is 38.4 Å². The first-order valence-electron chi connectivity index (χ1n) is 10.8. The Morgan fingerprint density at radius 2 is 1.78 bits per heavy atom. The third kappa shape index (κ3) is 4.05. The smallest absolute Gasteiger partial charge is 0.343 e. The molecule has 1 aromatic carbocycles. The summed E-state index contributed by atoms with van der Waals surface area (Å²) < 4.78 is 38.8. The number of carbonyl (C=O) groups excluding carboxylic acids is 3. The Labute approximate surface area is 183 Å². The van der Waals surface area contributed by atoms with Gasteiger partial charge in [-0.1, -0.05) is 12.1 Å². The van der Waals surface area contributed by atoms with Crippen molar-refractivity contribution < 1.29 is 27.6 Å². The third-order valence-electron chi connectivity index (χ3n) is 6.24. The van der Waals surface area contributed by atoms with Crippen LogP contribution in [0, 0.1) is 0 Å². The molecule has 1 unspecified atom stereocenters. The van der Waals surface area contributed by atoms with E-state index in [2.05, 4.69) is 5.32 Å². The molecule has 7 nitrogen and oxygen atoms in total. The molecule has 0 aliphatic carbocycles. The second-order valence-corrected chi connectivity index (χ2v) is 8.17. The van der Waals surface area contributed by atoms with Gasteiger partial charge in [0.1, 0.15) is 0 Å². The summed E-state index contributed by atoms with van der Waals surface area (Å²) in [6.07, 6.45) is -2.30. The lowest BCUT2D eigenvalue weighted by Crippen LogP contribution is -2.47. The average molecular weight is 450 g/mol. The highest BCUT2D eigenvalue weighted by Crippen LogP contribution is 2.37. The molecule has 0 bridgehead atoms. The Balaban J connectivity index is 1.56. The topological polar surface area (TPSA) is 73.0 Å². The molecular weight excluding hydrogens is 425 g/mol. The van der Waals surface area contributed by atoms with Crippen LogP contribution < -0.4 is 5.32 Å². The molecule has 1 atom stereocenters. The first-order valence-corrected chi connectivity index (χ1v) is 10.8. The lowest BCUT2D eigenvalue weighted by Gasteiger charge is -2.33. The van der Waals surface area contributed by atoms with Crippen LogP contribution in [0.25, 0.3) is 0 Å². The molecule has 0 spiro atoms. The van der Waals surface area contributed by atoms with E-state index in [1.54, 1.807) is 16.7 Å². The second kappa shape index (κ2) is 8.48. The van der Waals surface area contributed by atoms with Crippen LogP contribution in [-0.4, -0.2) is 65.3 Å². The Bertz CT molecular complexity index is 952. The van der Waals surface area contributed by atoms with E-state index in [1.165, 1.54) is 17.0 Å². The molecule has 0 aromatic heterocycles. The first kappa shape index (κ1) is 22.2. The minimum absolute atomic E-state index is 0.000936. The fourth-order valence-electron chi connectivity index (χ4n) is 4.53. The summed E-state index contributed by atoms with van der Waals surface area (Å²) in [4.78, 5) is 43.1. The Kier molecular flexibility index (Phi) is 5.87. The Morgan fingerprint density at radius 3 is 2.38 bits per heavy atom. The highest BCUT2D eigenvalue weighted by molar-refractivity contribution is 6.01. The number of urea groups is 1. The SMILES string of the molecule is CCN1C(=O)NC(c2ccc(C(F)(F)F)cc2)C2=C1CN(CCC(=O)N1CCCC1)C2=O. The number of hydrogen-bond donors (Lipinski definition) is 1. The number of alkyl halides is 3. The molecule has 1 saturated heterocycles. The van der Waals surface area contributed by atoms with Gasteiger partial charge >= 0.3 is 12.2 Å². The Hall–Kier alpha value is -3.04.